The molecule has 0 aliphatic heterocycles. The Hall–Kier alpha value is -2.50. The van der Waals surface area contributed by atoms with Crippen LogP contribution in [0.15, 0.2) is 36.7 Å². The van der Waals surface area contributed by atoms with E-state index in [1.165, 1.54) is 0 Å². The number of rotatable bonds is 5. The van der Waals surface area contributed by atoms with Crippen molar-refractivity contribution < 1.29 is 14.3 Å². The van der Waals surface area contributed by atoms with E-state index in [1.54, 1.807) is 18.1 Å². The van der Waals surface area contributed by atoms with Gasteiger partial charge < -0.3 is 10.0 Å². The summed E-state index contributed by atoms with van der Waals surface area (Å²) < 4.78 is 13.1. The molecule has 2 aromatic heterocycles. The Balaban J connectivity index is 2.13. The third-order valence-corrected chi connectivity index (χ3v) is 2.85. The summed E-state index contributed by atoms with van der Waals surface area (Å²) in [5, 5.41) is 9.08. The lowest BCUT2D eigenvalue weighted by atomic mass is 10.2. The number of nitrogens with zero attached hydrogens (tertiary/aromatic N) is 3. The summed E-state index contributed by atoms with van der Waals surface area (Å²) in [6.45, 7) is 0.538. The van der Waals surface area contributed by atoms with E-state index in [0.717, 1.165) is 18.0 Å². The smallest absolute Gasteiger partial charge is 0.339 e. The van der Waals surface area contributed by atoms with Crippen LogP contribution in [0, 0.1) is 5.82 Å². The van der Waals surface area contributed by atoms with Crippen LogP contribution in [0.5, 0.6) is 0 Å². The zero-order valence-corrected chi connectivity index (χ0v) is 11.0. The van der Waals surface area contributed by atoms with Crippen molar-refractivity contribution in [2.75, 3.05) is 18.5 Å². The number of carboxylic acids is 1. The summed E-state index contributed by atoms with van der Waals surface area (Å²) in [5.41, 5.74) is 0.756. The Morgan fingerprint density at radius 3 is 2.85 bits per heavy atom. The monoisotopic (exact) mass is 275 g/mol. The first-order valence-electron chi connectivity index (χ1n) is 6.08. The molecule has 1 N–H and O–H groups in total. The van der Waals surface area contributed by atoms with E-state index in [2.05, 4.69) is 9.97 Å². The van der Waals surface area contributed by atoms with E-state index < -0.39 is 11.8 Å². The van der Waals surface area contributed by atoms with Crippen molar-refractivity contribution >= 4 is 11.8 Å². The van der Waals surface area contributed by atoms with Crippen molar-refractivity contribution in [3.63, 3.8) is 0 Å². The largest absolute Gasteiger partial charge is 0.478 e. The molecule has 0 saturated heterocycles. The number of halogens is 1. The van der Waals surface area contributed by atoms with Gasteiger partial charge in [-0.05, 0) is 18.2 Å². The second-order valence-electron chi connectivity index (χ2n) is 4.32. The van der Waals surface area contributed by atoms with Gasteiger partial charge in [0, 0.05) is 31.9 Å². The van der Waals surface area contributed by atoms with Gasteiger partial charge in [-0.25, -0.2) is 14.2 Å². The van der Waals surface area contributed by atoms with Crippen molar-refractivity contribution in [2.45, 2.75) is 6.42 Å². The van der Waals surface area contributed by atoms with Gasteiger partial charge in [-0.2, -0.15) is 0 Å². The van der Waals surface area contributed by atoms with Crippen molar-refractivity contribution in [1.82, 2.24) is 9.97 Å². The highest BCUT2D eigenvalue weighted by atomic mass is 19.1. The molecule has 0 radical (unpaired) electrons. The summed E-state index contributed by atoms with van der Waals surface area (Å²) in [5.74, 6) is -1.62. The van der Waals surface area contributed by atoms with Gasteiger partial charge >= 0.3 is 5.97 Å². The summed E-state index contributed by atoms with van der Waals surface area (Å²) in [7, 11) is 1.72. The summed E-state index contributed by atoms with van der Waals surface area (Å²) in [4.78, 5) is 20.8. The third kappa shape index (κ3) is 3.28. The molecule has 0 aliphatic carbocycles. The van der Waals surface area contributed by atoms with Crippen LogP contribution in [-0.4, -0.2) is 34.6 Å². The Morgan fingerprint density at radius 2 is 2.20 bits per heavy atom. The maximum atomic E-state index is 13.1. The number of hydrogen-bond donors (Lipinski definition) is 1. The lowest BCUT2D eigenvalue weighted by molar-refractivity contribution is 0.0696. The van der Waals surface area contributed by atoms with Crippen LogP contribution in [-0.2, 0) is 6.42 Å². The van der Waals surface area contributed by atoms with E-state index in [4.69, 9.17) is 5.11 Å². The third-order valence-electron chi connectivity index (χ3n) is 2.85. The van der Waals surface area contributed by atoms with E-state index in [0.29, 0.717) is 13.0 Å². The highest BCUT2D eigenvalue weighted by Gasteiger charge is 2.16. The summed E-state index contributed by atoms with van der Waals surface area (Å²) in [6.07, 6.45) is 3.36. The number of aromatic nitrogens is 2. The Morgan fingerprint density at radius 1 is 1.40 bits per heavy atom. The average Bonchev–Trinajstić information content (AvgIpc) is 2.45. The van der Waals surface area contributed by atoms with Crippen LogP contribution < -0.4 is 4.90 Å². The van der Waals surface area contributed by atoms with Crippen molar-refractivity contribution in [1.29, 1.82) is 0 Å². The number of carboxylic acid groups (broad SMARTS) is 1. The van der Waals surface area contributed by atoms with Crippen molar-refractivity contribution in [3.8, 4) is 0 Å². The molecule has 6 heteroatoms. The zero-order chi connectivity index (χ0) is 14.5. The van der Waals surface area contributed by atoms with E-state index in [9.17, 15) is 9.18 Å². The van der Waals surface area contributed by atoms with Gasteiger partial charge in [0.1, 0.15) is 17.2 Å². The van der Waals surface area contributed by atoms with Gasteiger partial charge in [-0.15, -0.1) is 0 Å². The fraction of sp³-hybridized carbons (Fsp3) is 0.214. The van der Waals surface area contributed by atoms with Crippen LogP contribution in [0.4, 0.5) is 10.2 Å². The predicted octanol–water partition coefficient (Wildman–Crippen LogP) is 1.99. The SMILES string of the molecule is CN(CCc1ccccn1)c1ncc(F)cc1C(=O)O. The molecule has 0 fully saturated rings. The lowest BCUT2D eigenvalue weighted by Crippen LogP contribution is -2.24. The lowest BCUT2D eigenvalue weighted by Gasteiger charge is -2.19. The van der Waals surface area contributed by atoms with Gasteiger partial charge in [0.05, 0.1) is 6.20 Å². The highest BCUT2D eigenvalue weighted by molar-refractivity contribution is 5.93. The second kappa shape index (κ2) is 6.10. The topological polar surface area (TPSA) is 66.3 Å². The maximum Gasteiger partial charge on any atom is 0.339 e. The number of carbonyl (C=O) groups is 1. The van der Waals surface area contributed by atoms with Crippen molar-refractivity contribution in [2.24, 2.45) is 0 Å². The van der Waals surface area contributed by atoms with E-state index in [-0.39, 0.29) is 11.4 Å². The number of aromatic carboxylic acids is 1. The Bertz CT molecular complexity index is 605. The molecule has 0 aromatic carbocycles. The van der Waals surface area contributed by atoms with E-state index in [1.807, 2.05) is 18.2 Å². The fourth-order valence-corrected chi connectivity index (χ4v) is 1.83. The van der Waals surface area contributed by atoms with Crippen LogP contribution in [0.2, 0.25) is 0 Å². The Kier molecular flexibility index (Phi) is 4.24. The second-order valence-corrected chi connectivity index (χ2v) is 4.32. The molecule has 0 saturated carbocycles. The first kappa shape index (κ1) is 13.9. The summed E-state index contributed by atoms with van der Waals surface area (Å²) in [6, 6.07) is 6.59. The number of likely N-dealkylation sites (N-methyl/N-ethyl adjacent to an activating group) is 1. The molecule has 0 amide bonds. The van der Waals surface area contributed by atoms with Gasteiger partial charge in [0.15, 0.2) is 0 Å². The minimum Gasteiger partial charge on any atom is -0.478 e. The Labute approximate surface area is 115 Å². The number of anilines is 1. The molecular formula is C14H14FN3O2. The van der Waals surface area contributed by atoms with Crippen LogP contribution in [0.1, 0.15) is 16.1 Å². The van der Waals surface area contributed by atoms with Gasteiger partial charge in [-0.1, -0.05) is 6.07 Å². The first-order valence-corrected chi connectivity index (χ1v) is 6.08. The number of hydrogen-bond acceptors (Lipinski definition) is 4. The number of pyridine rings is 2. The first-order chi connectivity index (χ1) is 9.58. The van der Waals surface area contributed by atoms with Crippen molar-refractivity contribution in [3.05, 3.63) is 53.7 Å². The van der Waals surface area contributed by atoms with Crippen LogP contribution in [0.3, 0.4) is 0 Å². The standard InChI is InChI=1S/C14H14FN3O2/c1-18(7-5-11-4-2-3-6-16-11)13-12(14(19)20)8-10(15)9-17-13/h2-4,6,8-9H,5,7H2,1H3,(H,19,20). The predicted molar refractivity (Wildman–Crippen MR) is 72.4 cm³/mol. The normalized spacial score (nSPS) is 10.3. The zero-order valence-electron chi connectivity index (χ0n) is 11.0. The average molecular weight is 275 g/mol. The maximum absolute atomic E-state index is 13.1. The minimum atomic E-state index is -1.20. The molecule has 2 aromatic rings. The molecule has 0 atom stereocenters. The molecule has 0 spiro atoms. The van der Waals surface area contributed by atoms with Gasteiger partial charge in [0.25, 0.3) is 0 Å². The van der Waals surface area contributed by atoms with E-state index >= 15 is 0 Å². The molecule has 5 nitrogen and oxygen atoms in total. The molecule has 0 aliphatic rings. The fourth-order valence-electron chi connectivity index (χ4n) is 1.83. The molecule has 0 bridgehead atoms. The molecule has 0 unspecified atom stereocenters. The van der Waals surface area contributed by atoms with Gasteiger partial charge in [0.2, 0.25) is 0 Å². The molecule has 104 valence electrons. The minimum absolute atomic E-state index is 0.145. The van der Waals surface area contributed by atoms with Crippen LogP contribution in [0.25, 0.3) is 0 Å². The molecule has 2 heterocycles. The molecule has 20 heavy (non-hydrogen) atoms. The van der Waals surface area contributed by atoms with Crippen LogP contribution >= 0.6 is 0 Å². The highest BCUT2D eigenvalue weighted by Crippen LogP contribution is 2.17. The molecule has 2 rings (SSSR count). The summed E-state index contributed by atoms with van der Waals surface area (Å²) >= 11 is 0. The quantitative estimate of drug-likeness (QED) is 0.904. The van der Waals surface area contributed by atoms with Gasteiger partial charge in [-0.3, -0.25) is 4.98 Å². The molecular weight excluding hydrogens is 261 g/mol.